The Morgan fingerprint density at radius 2 is 1.90 bits per heavy atom. The molecule has 1 aromatic carbocycles. The molecule has 2 fully saturated rings. The molecule has 29 heavy (non-hydrogen) atoms. The summed E-state index contributed by atoms with van der Waals surface area (Å²) in [6.45, 7) is 6.94. The van der Waals surface area contributed by atoms with E-state index in [9.17, 15) is 4.79 Å². The third kappa shape index (κ3) is 6.15. The van der Waals surface area contributed by atoms with Gasteiger partial charge in [-0.1, -0.05) is 35.0 Å². The van der Waals surface area contributed by atoms with E-state index in [0.717, 1.165) is 44.7 Å². The van der Waals surface area contributed by atoms with Crippen molar-refractivity contribution in [2.75, 3.05) is 32.7 Å². The topological polar surface area (TPSA) is 74.5 Å². The van der Waals surface area contributed by atoms with E-state index in [2.05, 4.69) is 27.3 Å². The van der Waals surface area contributed by atoms with Crippen LogP contribution in [0.15, 0.2) is 28.8 Å². The first-order valence-corrected chi connectivity index (χ1v) is 9.80. The lowest BCUT2D eigenvalue weighted by atomic mass is 10.1. The zero-order chi connectivity index (χ0) is 18.6. The van der Waals surface area contributed by atoms with Crippen LogP contribution in [-0.2, 0) is 11.3 Å². The summed E-state index contributed by atoms with van der Waals surface area (Å²) in [6, 6.07) is 8.47. The third-order valence-electron chi connectivity index (χ3n) is 5.45. The Balaban J connectivity index is 0.00000150. The number of hydrogen-bond acceptors (Lipinski definition) is 6. The number of nitrogens with zero attached hydrogens (tertiary/aromatic N) is 4. The molecule has 1 amide bonds. The van der Waals surface area contributed by atoms with Crippen molar-refractivity contribution in [1.82, 2.24) is 25.3 Å². The monoisotopic (exact) mass is 441 g/mol. The minimum absolute atomic E-state index is 0. The van der Waals surface area contributed by atoms with Crippen molar-refractivity contribution in [3.63, 3.8) is 0 Å². The molecule has 2 saturated heterocycles. The minimum Gasteiger partial charge on any atom is -0.340 e. The molecule has 7 nitrogen and oxygen atoms in total. The summed E-state index contributed by atoms with van der Waals surface area (Å²) in [4.78, 5) is 21.2. The number of nitrogens with one attached hydrogen (secondary N) is 1. The molecule has 1 unspecified atom stereocenters. The van der Waals surface area contributed by atoms with E-state index in [0.29, 0.717) is 30.7 Å². The van der Waals surface area contributed by atoms with Gasteiger partial charge in [-0.15, -0.1) is 24.8 Å². The van der Waals surface area contributed by atoms with Crippen LogP contribution in [0, 0.1) is 6.92 Å². The van der Waals surface area contributed by atoms with Crippen molar-refractivity contribution in [2.45, 2.75) is 38.8 Å². The summed E-state index contributed by atoms with van der Waals surface area (Å²) in [5, 5.41) is 7.50. The predicted octanol–water partition coefficient (Wildman–Crippen LogP) is 2.67. The maximum Gasteiger partial charge on any atom is 0.241 e. The van der Waals surface area contributed by atoms with E-state index in [1.54, 1.807) is 0 Å². The zero-order valence-corrected chi connectivity index (χ0v) is 18.3. The molecule has 2 aromatic rings. The van der Waals surface area contributed by atoms with Gasteiger partial charge in [0, 0.05) is 44.2 Å². The number of carbonyl (C=O) groups excluding carboxylic acids is 1. The lowest BCUT2D eigenvalue weighted by Gasteiger charge is -2.34. The molecule has 2 aliphatic heterocycles. The zero-order valence-electron chi connectivity index (χ0n) is 16.7. The fourth-order valence-electron chi connectivity index (χ4n) is 3.76. The highest BCUT2D eigenvalue weighted by Crippen LogP contribution is 2.18. The van der Waals surface area contributed by atoms with Crippen molar-refractivity contribution in [1.29, 1.82) is 0 Å². The average Bonchev–Trinajstić information content (AvgIpc) is 3.35. The highest BCUT2D eigenvalue weighted by molar-refractivity contribution is 5.85. The number of amides is 1. The van der Waals surface area contributed by atoms with Crippen LogP contribution in [0.1, 0.15) is 30.7 Å². The standard InChI is InChI=1S/C20H27N5O2.2ClH/c1-15-4-6-16(7-5-15)20-22-18(27-23-20)14-24-9-11-25(12-10-24)19(26)13-17-3-2-8-21-17;;/h4-7,17,21H,2-3,8-14H2,1H3;2*1H. The van der Waals surface area contributed by atoms with Gasteiger partial charge in [0.05, 0.1) is 6.54 Å². The summed E-state index contributed by atoms with van der Waals surface area (Å²) in [5.74, 6) is 1.52. The Morgan fingerprint density at radius 1 is 1.17 bits per heavy atom. The molecule has 1 N–H and O–H groups in total. The second-order valence-corrected chi connectivity index (χ2v) is 7.53. The Bertz CT molecular complexity index is 769. The van der Waals surface area contributed by atoms with Gasteiger partial charge in [0.15, 0.2) is 0 Å². The van der Waals surface area contributed by atoms with Gasteiger partial charge in [-0.25, -0.2) is 0 Å². The lowest BCUT2D eigenvalue weighted by molar-refractivity contribution is -0.133. The Kier molecular flexibility index (Phi) is 8.89. The highest BCUT2D eigenvalue weighted by Gasteiger charge is 2.25. The van der Waals surface area contributed by atoms with Crippen molar-refractivity contribution in [2.24, 2.45) is 0 Å². The molecule has 0 aliphatic carbocycles. The molecule has 0 spiro atoms. The molecule has 2 aliphatic rings. The normalized spacial score (nSPS) is 19.5. The molecular weight excluding hydrogens is 413 g/mol. The molecular formula is C20H29Cl2N5O2. The number of rotatable bonds is 5. The predicted molar refractivity (Wildman–Crippen MR) is 116 cm³/mol. The van der Waals surface area contributed by atoms with Crippen LogP contribution >= 0.6 is 24.8 Å². The van der Waals surface area contributed by atoms with Crippen LogP contribution in [0.25, 0.3) is 11.4 Å². The van der Waals surface area contributed by atoms with E-state index in [1.165, 1.54) is 12.0 Å². The van der Waals surface area contributed by atoms with Gasteiger partial charge >= 0.3 is 0 Å². The van der Waals surface area contributed by atoms with Gasteiger partial charge in [0.2, 0.25) is 17.6 Å². The molecule has 3 heterocycles. The first-order chi connectivity index (χ1) is 13.2. The quantitative estimate of drug-likeness (QED) is 0.768. The Hall–Kier alpha value is -1.67. The molecule has 0 bridgehead atoms. The van der Waals surface area contributed by atoms with Gasteiger partial charge in [-0.05, 0) is 26.3 Å². The maximum atomic E-state index is 12.4. The van der Waals surface area contributed by atoms with E-state index >= 15 is 0 Å². The second kappa shape index (κ2) is 10.9. The van der Waals surface area contributed by atoms with Crippen molar-refractivity contribution in [3.05, 3.63) is 35.7 Å². The second-order valence-electron chi connectivity index (χ2n) is 7.53. The number of piperazine rings is 1. The van der Waals surface area contributed by atoms with Crippen LogP contribution in [0.2, 0.25) is 0 Å². The number of halogens is 2. The van der Waals surface area contributed by atoms with Crippen LogP contribution in [0.3, 0.4) is 0 Å². The molecule has 4 rings (SSSR count). The van der Waals surface area contributed by atoms with Crippen LogP contribution in [0.4, 0.5) is 0 Å². The fraction of sp³-hybridized carbons (Fsp3) is 0.550. The van der Waals surface area contributed by atoms with E-state index in [1.807, 2.05) is 29.2 Å². The number of hydrogen-bond donors (Lipinski definition) is 1. The number of benzene rings is 1. The number of aromatic nitrogens is 2. The third-order valence-corrected chi connectivity index (χ3v) is 5.45. The van der Waals surface area contributed by atoms with Gasteiger partial charge in [-0.3, -0.25) is 9.69 Å². The minimum atomic E-state index is 0. The Morgan fingerprint density at radius 3 is 2.55 bits per heavy atom. The first kappa shape index (κ1) is 23.6. The van der Waals surface area contributed by atoms with Crippen LogP contribution in [0.5, 0.6) is 0 Å². The van der Waals surface area contributed by atoms with Gasteiger partial charge in [0.25, 0.3) is 0 Å². The van der Waals surface area contributed by atoms with Crippen molar-refractivity contribution < 1.29 is 9.32 Å². The summed E-state index contributed by atoms with van der Waals surface area (Å²) >= 11 is 0. The van der Waals surface area contributed by atoms with Crippen LogP contribution in [-0.4, -0.2) is 64.6 Å². The van der Waals surface area contributed by atoms with Gasteiger partial charge in [0.1, 0.15) is 0 Å². The molecule has 1 atom stereocenters. The summed E-state index contributed by atoms with van der Waals surface area (Å²) in [5.41, 5.74) is 2.17. The summed E-state index contributed by atoms with van der Waals surface area (Å²) < 4.78 is 5.42. The highest BCUT2D eigenvalue weighted by atomic mass is 35.5. The van der Waals surface area contributed by atoms with Crippen molar-refractivity contribution in [3.8, 4) is 11.4 Å². The van der Waals surface area contributed by atoms with Crippen molar-refractivity contribution >= 4 is 30.7 Å². The smallest absolute Gasteiger partial charge is 0.241 e. The number of aryl methyl sites for hydroxylation is 1. The number of carbonyl (C=O) groups is 1. The fourth-order valence-corrected chi connectivity index (χ4v) is 3.76. The average molecular weight is 442 g/mol. The van der Waals surface area contributed by atoms with E-state index < -0.39 is 0 Å². The van der Waals surface area contributed by atoms with Crippen LogP contribution < -0.4 is 5.32 Å². The van der Waals surface area contributed by atoms with E-state index in [-0.39, 0.29) is 30.7 Å². The lowest BCUT2D eigenvalue weighted by Crippen LogP contribution is -2.49. The largest absolute Gasteiger partial charge is 0.340 e. The molecule has 0 saturated carbocycles. The van der Waals surface area contributed by atoms with Gasteiger partial charge in [-0.2, -0.15) is 4.98 Å². The maximum absolute atomic E-state index is 12.4. The molecule has 0 radical (unpaired) electrons. The Labute approximate surface area is 184 Å². The molecule has 1 aromatic heterocycles. The summed E-state index contributed by atoms with van der Waals surface area (Å²) in [7, 11) is 0. The summed E-state index contributed by atoms with van der Waals surface area (Å²) in [6.07, 6.45) is 2.93. The molecule has 160 valence electrons. The molecule has 9 heteroatoms. The first-order valence-electron chi connectivity index (χ1n) is 9.80. The van der Waals surface area contributed by atoms with E-state index in [4.69, 9.17) is 4.52 Å². The van der Waals surface area contributed by atoms with Gasteiger partial charge < -0.3 is 14.7 Å². The SMILES string of the molecule is Cc1ccc(-c2noc(CN3CCN(C(=O)CC4CCCN4)CC3)n2)cc1.Cl.Cl.